The standard InChI is InChI=1S/C17H20N4O4.C2HF3O2/c1-10-4-13(23)14(19-18-10)16(25)21-8-17(9-21)6-20(7-17)15(24)11-2-3-12(22)5-11;3-2(4,5)1(6)7/h4,11H,2-3,5-9H2,1H3,(H,18,23);(H,6,7). The molecule has 174 valence electrons. The lowest BCUT2D eigenvalue weighted by atomic mass is 9.72. The van der Waals surface area contributed by atoms with Gasteiger partial charge in [0.25, 0.3) is 5.91 Å². The number of likely N-dealkylation sites (tertiary alicyclic amines) is 2. The smallest absolute Gasteiger partial charge is 0.475 e. The Morgan fingerprint density at radius 1 is 1.16 bits per heavy atom. The number of rotatable bonds is 2. The number of Topliss-reactive ketones (excluding diaryl/α,β-unsaturated/α-hetero) is 1. The highest BCUT2D eigenvalue weighted by Crippen LogP contribution is 2.41. The Labute approximate surface area is 179 Å². The maximum Gasteiger partial charge on any atom is 0.490 e. The fourth-order valence-corrected chi connectivity index (χ4v) is 4.11. The van der Waals surface area contributed by atoms with Crippen molar-refractivity contribution in [3.8, 4) is 0 Å². The number of alkyl halides is 3. The van der Waals surface area contributed by atoms with Crippen molar-refractivity contribution >= 4 is 23.6 Å². The number of H-pyrrole nitrogens is 1. The third kappa shape index (κ3) is 4.81. The summed E-state index contributed by atoms with van der Waals surface area (Å²) in [5, 5.41) is 13.6. The molecule has 3 aliphatic rings. The largest absolute Gasteiger partial charge is 0.490 e. The number of aromatic amines is 1. The monoisotopic (exact) mass is 458 g/mol. The van der Waals surface area contributed by atoms with Gasteiger partial charge in [-0.1, -0.05) is 0 Å². The SMILES string of the molecule is Cc1cc(=O)c(C(=O)N2CC3(C2)CN(C(=O)C2CCC(=O)C2)C3)n[nH]1.O=C(O)C(F)(F)F. The van der Waals surface area contributed by atoms with Gasteiger partial charge in [0, 0.05) is 62.1 Å². The summed E-state index contributed by atoms with van der Waals surface area (Å²) in [4.78, 5) is 60.2. The van der Waals surface area contributed by atoms with Crippen LogP contribution in [0.2, 0.25) is 0 Å². The summed E-state index contributed by atoms with van der Waals surface area (Å²) in [5.74, 6) is -3.04. The number of hydrogen-bond donors (Lipinski definition) is 2. The summed E-state index contributed by atoms with van der Waals surface area (Å²) >= 11 is 0. The number of carboxylic acids is 1. The molecule has 0 radical (unpaired) electrons. The number of aryl methyl sites for hydroxylation is 1. The molecule has 3 fully saturated rings. The summed E-state index contributed by atoms with van der Waals surface area (Å²) in [7, 11) is 0. The Hall–Kier alpha value is -3.25. The van der Waals surface area contributed by atoms with Crippen LogP contribution in [0.5, 0.6) is 0 Å². The van der Waals surface area contributed by atoms with Crippen LogP contribution in [-0.4, -0.2) is 81.0 Å². The first-order valence-corrected chi connectivity index (χ1v) is 9.77. The molecular formula is C19H21F3N4O6. The van der Waals surface area contributed by atoms with E-state index in [4.69, 9.17) is 9.90 Å². The first-order valence-electron chi connectivity index (χ1n) is 9.77. The Kier molecular flexibility index (Phi) is 6.11. The van der Waals surface area contributed by atoms with Gasteiger partial charge in [-0.05, 0) is 13.3 Å². The maximum absolute atomic E-state index is 12.4. The molecule has 1 atom stereocenters. The first kappa shape index (κ1) is 23.4. The van der Waals surface area contributed by atoms with Gasteiger partial charge >= 0.3 is 12.1 Å². The van der Waals surface area contributed by atoms with E-state index in [0.717, 1.165) is 0 Å². The normalized spacial score (nSPS) is 21.4. The third-order valence-electron chi connectivity index (χ3n) is 5.67. The zero-order chi connectivity index (χ0) is 23.8. The van der Waals surface area contributed by atoms with Crippen LogP contribution in [0.15, 0.2) is 10.9 Å². The zero-order valence-electron chi connectivity index (χ0n) is 17.1. The summed E-state index contributed by atoms with van der Waals surface area (Å²) < 4.78 is 31.7. The molecule has 1 aromatic heterocycles. The zero-order valence-corrected chi connectivity index (χ0v) is 17.1. The van der Waals surface area contributed by atoms with Crippen LogP contribution in [0, 0.1) is 18.3 Å². The van der Waals surface area contributed by atoms with Gasteiger partial charge in [0.1, 0.15) is 5.78 Å². The van der Waals surface area contributed by atoms with Gasteiger partial charge in [-0.15, -0.1) is 0 Å². The lowest BCUT2D eigenvalue weighted by molar-refractivity contribution is -0.192. The van der Waals surface area contributed by atoms with Crippen molar-refractivity contribution in [1.82, 2.24) is 20.0 Å². The van der Waals surface area contributed by atoms with E-state index < -0.39 is 12.1 Å². The molecule has 4 rings (SSSR count). The lowest BCUT2D eigenvalue weighted by Gasteiger charge is -2.60. The van der Waals surface area contributed by atoms with E-state index in [0.29, 0.717) is 51.1 Å². The molecule has 1 aromatic rings. The molecule has 13 heteroatoms. The number of aliphatic carboxylic acids is 1. The van der Waals surface area contributed by atoms with Crippen molar-refractivity contribution in [3.05, 3.63) is 27.7 Å². The third-order valence-corrected chi connectivity index (χ3v) is 5.67. The van der Waals surface area contributed by atoms with Crippen LogP contribution >= 0.6 is 0 Å². The van der Waals surface area contributed by atoms with Gasteiger partial charge in [0.15, 0.2) is 5.69 Å². The van der Waals surface area contributed by atoms with Crippen LogP contribution in [0.25, 0.3) is 0 Å². The highest BCUT2D eigenvalue weighted by molar-refractivity contribution is 5.93. The number of halogens is 3. The fourth-order valence-electron chi connectivity index (χ4n) is 4.11. The quantitative estimate of drug-likeness (QED) is 0.652. The molecule has 32 heavy (non-hydrogen) atoms. The topological polar surface area (TPSA) is 141 Å². The van der Waals surface area contributed by atoms with Gasteiger partial charge in [0.2, 0.25) is 11.3 Å². The number of nitrogens with one attached hydrogen (secondary N) is 1. The van der Waals surface area contributed by atoms with E-state index in [-0.39, 0.29) is 40.1 Å². The summed E-state index contributed by atoms with van der Waals surface area (Å²) in [6.45, 7) is 4.03. The van der Waals surface area contributed by atoms with Crippen molar-refractivity contribution in [2.75, 3.05) is 26.2 Å². The number of ketones is 1. The van der Waals surface area contributed by atoms with Gasteiger partial charge in [0.05, 0.1) is 0 Å². The molecule has 2 amide bonds. The minimum Gasteiger partial charge on any atom is -0.475 e. The summed E-state index contributed by atoms with van der Waals surface area (Å²) in [6, 6.07) is 1.36. The van der Waals surface area contributed by atoms with Gasteiger partial charge in [-0.3, -0.25) is 24.3 Å². The Bertz CT molecular complexity index is 1010. The van der Waals surface area contributed by atoms with Gasteiger partial charge in [-0.2, -0.15) is 18.3 Å². The summed E-state index contributed by atoms with van der Waals surface area (Å²) in [6.07, 6.45) is -3.54. The highest BCUT2D eigenvalue weighted by atomic mass is 19.4. The minimum atomic E-state index is -5.08. The predicted molar refractivity (Wildman–Crippen MR) is 101 cm³/mol. The lowest BCUT2D eigenvalue weighted by Crippen LogP contribution is -2.74. The average molecular weight is 458 g/mol. The molecule has 0 aromatic carbocycles. The number of amides is 2. The van der Waals surface area contributed by atoms with Crippen molar-refractivity contribution < 1.29 is 37.5 Å². The van der Waals surface area contributed by atoms with Crippen molar-refractivity contribution in [2.24, 2.45) is 11.3 Å². The van der Waals surface area contributed by atoms with Crippen molar-refractivity contribution in [3.63, 3.8) is 0 Å². The van der Waals surface area contributed by atoms with E-state index in [1.54, 1.807) is 16.7 Å². The number of aromatic nitrogens is 2. The maximum atomic E-state index is 12.4. The van der Waals surface area contributed by atoms with E-state index in [1.807, 2.05) is 0 Å². The molecule has 10 nitrogen and oxygen atoms in total. The van der Waals surface area contributed by atoms with Gasteiger partial charge < -0.3 is 14.9 Å². The second-order valence-corrected chi connectivity index (χ2v) is 8.40. The van der Waals surface area contributed by atoms with E-state index >= 15 is 0 Å². The Balaban J connectivity index is 0.000000360. The minimum absolute atomic E-state index is 0.0502. The number of nitrogens with zero attached hydrogens (tertiary/aromatic N) is 3. The molecule has 0 bridgehead atoms. The van der Waals surface area contributed by atoms with Crippen LogP contribution in [-0.2, 0) is 14.4 Å². The average Bonchev–Trinajstić information content (AvgIpc) is 3.05. The highest BCUT2D eigenvalue weighted by Gasteiger charge is 2.55. The van der Waals surface area contributed by atoms with Crippen molar-refractivity contribution in [2.45, 2.75) is 32.4 Å². The molecule has 1 spiro atoms. The van der Waals surface area contributed by atoms with Crippen LogP contribution in [0.1, 0.15) is 35.4 Å². The van der Waals surface area contributed by atoms with Crippen LogP contribution in [0.3, 0.4) is 0 Å². The van der Waals surface area contributed by atoms with E-state index in [2.05, 4.69) is 10.2 Å². The predicted octanol–water partition coefficient (Wildman–Crippen LogP) is 0.365. The van der Waals surface area contributed by atoms with Crippen molar-refractivity contribution in [1.29, 1.82) is 0 Å². The number of carbonyl (C=O) groups is 4. The van der Waals surface area contributed by atoms with E-state index in [1.165, 1.54) is 6.07 Å². The second kappa shape index (κ2) is 8.36. The molecule has 2 aliphatic heterocycles. The summed E-state index contributed by atoms with van der Waals surface area (Å²) in [5.41, 5.74) is 0.0987. The van der Waals surface area contributed by atoms with Crippen LogP contribution in [0.4, 0.5) is 13.2 Å². The fraction of sp³-hybridized carbons (Fsp3) is 0.579. The molecular weight excluding hydrogens is 437 g/mol. The van der Waals surface area contributed by atoms with Crippen LogP contribution < -0.4 is 5.43 Å². The van der Waals surface area contributed by atoms with Gasteiger partial charge in [-0.25, -0.2) is 4.79 Å². The first-order chi connectivity index (χ1) is 14.8. The molecule has 1 unspecified atom stereocenters. The molecule has 3 heterocycles. The Morgan fingerprint density at radius 2 is 1.72 bits per heavy atom. The number of carbonyl (C=O) groups excluding carboxylic acids is 3. The second-order valence-electron chi connectivity index (χ2n) is 8.40. The number of carboxylic acid groups (broad SMARTS) is 1. The molecule has 1 saturated carbocycles. The Morgan fingerprint density at radius 3 is 2.19 bits per heavy atom. The molecule has 2 N–H and O–H groups in total. The molecule has 1 aliphatic carbocycles. The number of hydrogen-bond acceptors (Lipinski definition) is 6. The van der Waals surface area contributed by atoms with E-state index in [9.17, 15) is 32.3 Å². The molecule has 2 saturated heterocycles.